The summed E-state index contributed by atoms with van der Waals surface area (Å²) in [7, 11) is 0. The molecule has 26 heavy (non-hydrogen) atoms. The Hall–Kier alpha value is -0.410. The molecule has 1 heterocycles. The molecule has 0 unspecified atom stereocenters. The number of carbonyl (C=O) groups excluding carboxylic acids is 1. The highest BCUT2D eigenvalue weighted by Gasteiger charge is 2.35. The number of amides is 1. The molecule has 12 heteroatoms. The molecule has 2 aromatic rings. The molecule has 0 spiro atoms. The summed E-state index contributed by atoms with van der Waals surface area (Å²) in [5.74, 6) is -0.571. The summed E-state index contributed by atoms with van der Waals surface area (Å²) in [6, 6.07) is 7.84. The lowest BCUT2D eigenvalue weighted by molar-refractivity contribution is 0.0905. The van der Waals surface area contributed by atoms with Crippen LogP contribution in [0.5, 0.6) is 0 Å². The predicted molar refractivity (Wildman–Crippen MR) is 114 cm³/mol. The average Bonchev–Trinajstić information content (AvgIpc) is 2.96. The number of nitrogens with one attached hydrogen (secondary N) is 3. The van der Waals surface area contributed by atoms with Crippen LogP contribution in [0.25, 0.3) is 0 Å². The molecular weight excluding hydrogens is 531 g/mol. The second-order valence-electron chi connectivity index (χ2n) is 4.78. The molecule has 5 nitrogen and oxygen atoms in total. The largest absolute Gasteiger partial charge is 0.444 e. The van der Waals surface area contributed by atoms with E-state index in [1.54, 1.807) is 24.3 Å². The van der Waals surface area contributed by atoms with E-state index in [-0.39, 0.29) is 10.9 Å². The number of benzene rings is 1. The molecule has 0 bridgehead atoms. The molecule has 1 aromatic carbocycles. The number of rotatable bonds is 4. The third kappa shape index (κ3) is 6.34. The van der Waals surface area contributed by atoms with Crippen molar-refractivity contribution in [3.05, 3.63) is 50.8 Å². The van der Waals surface area contributed by atoms with E-state index in [0.717, 1.165) is 0 Å². The van der Waals surface area contributed by atoms with Crippen molar-refractivity contribution in [3.63, 3.8) is 0 Å². The highest BCUT2D eigenvalue weighted by atomic mass is 79.9. The van der Waals surface area contributed by atoms with Crippen molar-refractivity contribution in [1.29, 1.82) is 0 Å². The lowest BCUT2D eigenvalue weighted by Gasteiger charge is -2.27. The first-order valence-corrected chi connectivity index (χ1v) is 9.81. The van der Waals surface area contributed by atoms with E-state index < -0.39 is 15.9 Å². The van der Waals surface area contributed by atoms with Crippen molar-refractivity contribution < 1.29 is 9.21 Å². The molecule has 0 aliphatic rings. The van der Waals surface area contributed by atoms with Gasteiger partial charge in [0.05, 0.1) is 10.0 Å². The molecule has 2 rings (SSSR count). The molecule has 140 valence electrons. The maximum Gasteiger partial charge on any atom is 0.288 e. The molecule has 0 aliphatic heterocycles. The standard InChI is InChI=1S/C14H9BrCl5N3O2S/c15-10-4-3-9(25-10)11(24)22-12(14(18,19)20)23-13(26)21-6-1-2-7(16)8(17)5-6/h1-5,12H,(H,22,24)(H2,21,23,26)/t12-/m0/s1. The second-order valence-corrected chi connectivity index (χ2v) is 9.15. The summed E-state index contributed by atoms with van der Waals surface area (Å²) in [4.78, 5) is 12.2. The number of carbonyl (C=O) groups is 1. The summed E-state index contributed by atoms with van der Waals surface area (Å²) < 4.78 is 3.64. The van der Waals surface area contributed by atoms with Gasteiger partial charge in [0, 0.05) is 5.69 Å². The third-order valence-electron chi connectivity index (χ3n) is 2.85. The van der Waals surface area contributed by atoms with Gasteiger partial charge < -0.3 is 20.4 Å². The van der Waals surface area contributed by atoms with Gasteiger partial charge in [-0.1, -0.05) is 58.0 Å². The first-order chi connectivity index (χ1) is 12.1. The predicted octanol–water partition coefficient (Wildman–Crippen LogP) is 5.76. The van der Waals surface area contributed by atoms with Gasteiger partial charge in [0.1, 0.15) is 6.17 Å². The van der Waals surface area contributed by atoms with Crippen LogP contribution < -0.4 is 16.0 Å². The molecule has 3 N–H and O–H groups in total. The minimum atomic E-state index is -1.90. The van der Waals surface area contributed by atoms with Crippen molar-refractivity contribution in [2.75, 3.05) is 5.32 Å². The molecule has 0 aliphatic carbocycles. The van der Waals surface area contributed by atoms with Crippen molar-refractivity contribution in [3.8, 4) is 0 Å². The lowest BCUT2D eigenvalue weighted by atomic mass is 10.3. The number of hydrogen-bond acceptors (Lipinski definition) is 3. The lowest BCUT2D eigenvalue weighted by Crippen LogP contribution is -2.56. The van der Waals surface area contributed by atoms with Gasteiger partial charge in [-0.25, -0.2) is 0 Å². The van der Waals surface area contributed by atoms with Crippen molar-refractivity contribution in [2.24, 2.45) is 0 Å². The zero-order chi connectivity index (χ0) is 19.5. The minimum Gasteiger partial charge on any atom is -0.444 e. The van der Waals surface area contributed by atoms with Crippen LogP contribution in [0.1, 0.15) is 10.6 Å². The van der Waals surface area contributed by atoms with Crippen LogP contribution in [0, 0.1) is 0 Å². The van der Waals surface area contributed by atoms with Crippen LogP contribution in [0.4, 0.5) is 5.69 Å². The summed E-state index contributed by atoms with van der Waals surface area (Å²) in [5, 5.41) is 8.87. The molecule has 0 fully saturated rings. The summed E-state index contributed by atoms with van der Waals surface area (Å²) in [6.07, 6.45) is -1.15. The average molecular weight is 540 g/mol. The monoisotopic (exact) mass is 537 g/mol. The third-order valence-corrected chi connectivity index (χ3v) is 4.89. The van der Waals surface area contributed by atoms with Crippen molar-refractivity contribution in [2.45, 2.75) is 9.96 Å². The van der Waals surface area contributed by atoms with Crippen LogP contribution in [0.15, 0.2) is 39.4 Å². The molecule has 0 saturated carbocycles. The molecule has 0 saturated heterocycles. The van der Waals surface area contributed by atoms with E-state index in [1.807, 2.05) is 0 Å². The van der Waals surface area contributed by atoms with Gasteiger partial charge in [-0.05, 0) is 58.5 Å². The van der Waals surface area contributed by atoms with E-state index in [2.05, 4.69) is 31.9 Å². The van der Waals surface area contributed by atoms with Crippen LogP contribution in [0.3, 0.4) is 0 Å². The Balaban J connectivity index is 2.06. The van der Waals surface area contributed by atoms with E-state index >= 15 is 0 Å². The number of alkyl halides is 3. The topological polar surface area (TPSA) is 66.3 Å². The Morgan fingerprint density at radius 3 is 2.35 bits per heavy atom. The van der Waals surface area contributed by atoms with Gasteiger partial charge in [0.25, 0.3) is 5.91 Å². The van der Waals surface area contributed by atoms with Crippen LogP contribution in [0.2, 0.25) is 10.0 Å². The SMILES string of the molecule is O=C(N[C@@H](NC(=S)Nc1ccc(Cl)c(Cl)c1)C(Cl)(Cl)Cl)c1ccc(Br)o1. The normalized spacial score (nSPS) is 12.4. The van der Waals surface area contributed by atoms with Gasteiger partial charge in [-0.2, -0.15) is 0 Å². The molecule has 1 amide bonds. The Bertz CT molecular complexity index is 827. The van der Waals surface area contributed by atoms with Crippen LogP contribution in [-0.4, -0.2) is 21.0 Å². The Kier molecular flexibility index (Phi) is 7.73. The zero-order valence-electron chi connectivity index (χ0n) is 12.5. The number of halogens is 6. The summed E-state index contributed by atoms with van der Waals surface area (Å²) >= 11 is 37.8. The zero-order valence-corrected chi connectivity index (χ0v) is 18.6. The maximum absolute atomic E-state index is 12.2. The Morgan fingerprint density at radius 2 is 1.81 bits per heavy atom. The fraction of sp³-hybridized carbons (Fsp3) is 0.143. The smallest absolute Gasteiger partial charge is 0.288 e. The highest BCUT2D eigenvalue weighted by molar-refractivity contribution is 9.10. The minimum absolute atomic E-state index is 0.0290. The molecule has 0 radical (unpaired) electrons. The Morgan fingerprint density at radius 1 is 1.12 bits per heavy atom. The molecule has 1 atom stereocenters. The quantitative estimate of drug-likeness (QED) is 0.262. The van der Waals surface area contributed by atoms with Crippen molar-refractivity contribution in [1.82, 2.24) is 10.6 Å². The number of anilines is 1. The fourth-order valence-corrected chi connectivity index (χ4v) is 2.88. The van der Waals surface area contributed by atoms with Gasteiger partial charge in [-0.15, -0.1) is 0 Å². The van der Waals surface area contributed by atoms with E-state index in [1.165, 1.54) is 6.07 Å². The first-order valence-electron chi connectivity index (χ1n) is 6.72. The summed E-state index contributed by atoms with van der Waals surface area (Å²) in [6.45, 7) is 0. The van der Waals surface area contributed by atoms with Crippen molar-refractivity contribution >= 4 is 103 Å². The summed E-state index contributed by atoms with van der Waals surface area (Å²) in [5.41, 5.74) is 0.557. The van der Waals surface area contributed by atoms with Gasteiger partial charge in [-0.3, -0.25) is 4.79 Å². The van der Waals surface area contributed by atoms with E-state index in [0.29, 0.717) is 20.4 Å². The van der Waals surface area contributed by atoms with Gasteiger partial charge in [0.15, 0.2) is 15.5 Å². The van der Waals surface area contributed by atoms with Gasteiger partial charge >= 0.3 is 0 Å². The Labute approximate surface area is 187 Å². The highest BCUT2D eigenvalue weighted by Crippen LogP contribution is 2.30. The molecular formula is C14H9BrCl5N3O2S. The van der Waals surface area contributed by atoms with Gasteiger partial charge in [0.2, 0.25) is 3.79 Å². The number of furan rings is 1. The maximum atomic E-state index is 12.2. The number of thiocarbonyl (C=S) groups is 1. The van der Waals surface area contributed by atoms with E-state index in [4.69, 9.17) is 74.6 Å². The fourth-order valence-electron chi connectivity index (χ4n) is 1.71. The van der Waals surface area contributed by atoms with Crippen LogP contribution >= 0.6 is 86.2 Å². The van der Waals surface area contributed by atoms with E-state index in [9.17, 15) is 4.79 Å². The first kappa shape index (κ1) is 21.9. The second kappa shape index (κ2) is 9.19. The van der Waals surface area contributed by atoms with Crippen LogP contribution in [-0.2, 0) is 0 Å². The number of hydrogen-bond donors (Lipinski definition) is 3. The molecule has 1 aromatic heterocycles.